The smallest absolute Gasteiger partial charge is 0.356 e. The van der Waals surface area contributed by atoms with Crippen molar-refractivity contribution in [1.82, 2.24) is 10.3 Å². The molecule has 4 nitrogen and oxygen atoms in total. The molecular weight excluding hydrogens is 386 g/mol. The van der Waals surface area contributed by atoms with Gasteiger partial charge in [0.25, 0.3) is 0 Å². The van der Waals surface area contributed by atoms with Gasteiger partial charge in [0.1, 0.15) is 17.3 Å². The van der Waals surface area contributed by atoms with Crippen LogP contribution in [0, 0.1) is 11.7 Å². The number of halogens is 4. The molecule has 8 heteroatoms. The number of anilines is 1. The number of carbonyl (C=O) groups is 1. The lowest BCUT2D eigenvalue weighted by Crippen LogP contribution is -2.35. The van der Waals surface area contributed by atoms with Gasteiger partial charge in [0, 0.05) is 25.2 Å². The first-order valence-corrected chi connectivity index (χ1v) is 9.55. The standard InChI is InChI=1S/C21H23F4N3O/c1-14-8-10-28(11-9-14)20-16(4-7-18(27-20)21(23,24)25)13-26-19(29)12-15-2-5-17(22)6-3-15/h2-7,14H,8-13H2,1H3,(H,26,29). The molecular formula is C21H23F4N3O. The van der Waals surface area contributed by atoms with Crippen LogP contribution in [-0.2, 0) is 23.9 Å². The number of aromatic nitrogens is 1. The topological polar surface area (TPSA) is 45.2 Å². The van der Waals surface area contributed by atoms with Crippen molar-refractivity contribution in [3.8, 4) is 0 Å². The van der Waals surface area contributed by atoms with Crippen LogP contribution in [0.2, 0.25) is 0 Å². The Morgan fingerprint density at radius 3 is 2.41 bits per heavy atom. The van der Waals surface area contributed by atoms with E-state index in [4.69, 9.17) is 0 Å². The normalized spacial score (nSPS) is 15.4. The van der Waals surface area contributed by atoms with Crippen LogP contribution in [0.15, 0.2) is 36.4 Å². The van der Waals surface area contributed by atoms with E-state index in [1.807, 2.05) is 4.90 Å². The highest BCUT2D eigenvalue weighted by atomic mass is 19.4. The van der Waals surface area contributed by atoms with Crippen molar-refractivity contribution in [2.45, 2.75) is 38.9 Å². The highest BCUT2D eigenvalue weighted by molar-refractivity contribution is 5.78. The maximum absolute atomic E-state index is 13.1. The second-order valence-corrected chi connectivity index (χ2v) is 7.43. The third kappa shape index (κ3) is 5.68. The largest absolute Gasteiger partial charge is 0.433 e. The van der Waals surface area contributed by atoms with Gasteiger partial charge in [-0.2, -0.15) is 13.2 Å². The fourth-order valence-corrected chi connectivity index (χ4v) is 3.31. The molecule has 1 aromatic carbocycles. The van der Waals surface area contributed by atoms with E-state index in [0.29, 0.717) is 30.1 Å². The molecule has 0 unspecified atom stereocenters. The van der Waals surface area contributed by atoms with Crippen molar-refractivity contribution >= 4 is 11.7 Å². The van der Waals surface area contributed by atoms with Crippen molar-refractivity contribution in [2.24, 2.45) is 5.92 Å². The average Bonchev–Trinajstić information content (AvgIpc) is 2.68. The number of hydrogen-bond donors (Lipinski definition) is 1. The molecule has 0 spiro atoms. The molecule has 0 atom stereocenters. The van der Waals surface area contributed by atoms with E-state index in [1.54, 1.807) is 0 Å². The molecule has 2 aromatic rings. The molecule has 1 N–H and O–H groups in total. The van der Waals surface area contributed by atoms with E-state index in [9.17, 15) is 22.4 Å². The van der Waals surface area contributed by atoms with Gasteiger partial charge in [-0.3, -0.25) is 4.79 Å². The zero-order valence-corrected chi connectivity index (χ0v) is 16.1. The Kier molecular flexibility index (Phi) is 6.39. The van der Waals surface area contributed by atoms with Gasteiger partial charge in [0.2, 0.25) is 5.91 Å². The molecule has 1 amide bonds. The van der Waals surface area contributed by atoms with Crippen LogP contribution in [0.4, 0.5) is 23.4 Å². The Morgan fingerprint density at radius 1 is 1.14 bits per heavy atom. The van der Waals surface area contributed by atoms with Gasteiger partial charge in [-0.25, -0.2) is 9.37 Å². The molecule has 0 saturated carbocycles. The lowest BCUT2D eigenvalue weighted by molar-refractivity contribution is -0.141. The number of amides is 1. The predicted octanol–water partition coefficient (Wildman–Crippen LogP) is 4.33. The highest BCUT2D eigenvalue weighted by Gasteiger charge is 2.34. The number of carbonyl (C=O) groups excluding carboxylic acids is 1. The minimum atomic E-state index is -4.53. The van der Waals surface area contributed by atoms with Gasteiger partial charge < -0.3 is 10.2 Å². The highest BCUT2D eigenvalue weighted by Crippen LogP contribution is 2.32. The van der Waals surface area contributed by atoms with E-state index in [0.717, 1.165) is 18.9 Å². The van der Waals surface area contributed by atoms with Gasteiger partial charge in [0.05, 0.1) is 6.42 Å². The van der Waals surface area contributed by atoms with Gasteiger partial charge >= 0.3 is 6.18 Å². The number of piperidine rings is 1. The Balaban J connectivity index is 1.73. The molecule has 1 fully saturated rings. The number of hydrogen-bond acceptors (Lipinski definition) is 3. The molecule has 1 aliphatic heterocycles. The van der Waals surface area contributed by atoms with Crippen LogP contribution >= 0.6 is 0 Å². The summed E-state index contributed by atoms with van der Waals surface area (Å²) in [7, 11) is 0. The Bertz CT molecular complexity index is 844. The molecule has 156 valence electrons. The molecule has 1 saturated heterocycles. The summed E-state index contributed by atoms with van der Waals surface area (Å²) in [6, 6.07) is 7.92. The summed E-state index contributed by atoms with van der Waals surface area (Å²) in [4.78, 5) is 17.9. The van der Waals surface area contributed by atoms with Gasteiger partial charge in [-0.15, -0.1) is 0 Å². The first kappa shape index (κ1) is 21.1. The lowest BCUT2D eigenvalue weighted by atomic mass is 9.99. The second kappa shape index (κ2) is 8.80. The Hall–Kier alpha value is -2.64. The van der Waals surface area contributed by atoms with E-state index >= 15 is 0 Å². The van der Waals surface area contributed by atoms with Crippen LogP contribution in [0.3, 0.4) is 0 Å². The summed E-state index contributed by atoms with van der Waals surface area (Å²) in [6.07, 6.45) is -2.70. The maximum atomic E-state index is 13.1. The zero-order valence-electron chi connectivity index (χ0n) is 16.1. The summed E-state index contributed by atoms with van der Waals surface area (Å²) in [6.45, 7) is 3.46. The summed E-state index contributed by atoms with van der Waals surface area (Å²) < 4.78 is 52.4. The SMILES string of the molecule is CC1CCN(c2nc(C(F)(F)F)ccc2CNC(=O)Cc2ccc(F)cc2)CC1. The van der Waals surface area contributed by atoms with E-state index in [-0.39, 0.29) is 30.5 Å². The first-order valence-electron chi connectivity index (χ1n) is 9.55. The molecule has 1 aromatic heterocycles. The van der Waals surface area contributed by atoms with Crippen LogP contribution in [0.1, 0.15) is 36.6 Å². The van der Waals surface area contributed by atoms with Crippen LogP contribution in [-0.4, -0.2) is 24.0 Å². The predicted molar refractivity (Wildman–Crippen MR) is 102 cm³/mol. The molecule has 29 heavy (non-hydrogen) atoms. The van der Waals surface area contributed by atoms with Crippen LogP contribution in [0.5, 0.6) is 0 Å². The first-order chi connectivity index (χ1) is 13.7. The van der Waals surface area contributed by atoms with Crippen LogP contribution < -0.4 is 10.2 Å². The minimum absolute atomic E-state index is 0.0604. The number of pyridine rings is 1. The second-order valence-electron chi connectivity index (χ2n) is 7.43. The Morgan fingerprint density at radius 2 is 1.79 bits per heavy atom. The third-order valence-electron chi connectivity index (χ3n) is 5.08. The average molecular weight is 409 g/mol. The summed E-state index contributed by atoms with van der Waals surface area (Å²) in [5, 5.41) is 2.73. The summed E-state index contributed by atoms with van der Waals surface area (Å²) in [5.74, 6) is 0.116. The van der Waals surface area contributed by atoms with E-state index in [2.05, 4.69) is 17.2 Å². The minimum Gasteiger partial charge on any atom is -0.356 e. The van der Waals surface area contributed by atoms with E-state index in [1.165, 1.54) is 30.3 Å². The lowest BCUT2D eigenvalue weighted by Gasteiger charge is -2.33. The number of rotatable bonds is 5. The van der Waals surface area contributed by atoms with Gasteiger partial charge in [-0.1, -0.05) is 25.1 Å². The summed E-state index contributed by atoms with van der Waals surface area (Å²) in [5.41, 5.74) is 0.257. The number of nitrogens with zero attached hydrogens (tertiary/aromatic N) is 2. The monoisotopic (exact) mass is 409 g/mol. The maximum Gasteiger partial charge on any atom is 0.433 e. The molecule has 0 aliphatic carbocycles. The van der Waals surface area contributed by atoms with Crippen molar-refractivity contribution in [3.05, 3.63) is 59.0 Å². The van der Waals surface area contributed by atoms with Crippen molar-refractivity contribution in [1.29, 1.82) is 0 Å². The molecule has 0 bridgehead atoms. The number of benzene rings is 1. The number of nitrogens with one attached hydrogen (secondary N) is 1. The fraction of sp³-hybridized carbons (Fsp3) is 0.429. The van der Waals surface area contributed by atoms with Crippen molar-refractivity contribution in [2.75, 3.05) is 18.0 Å². The number of alkyl halides is 3. The molecule has 3 rings (SSSR count). The third-order valence-corrected chi connectivity index (χ3v) is 5.08. The zero-order chi connectivity index (χ0) is 21.0. The van der Waals surface area contributed by atoms with Crippen LogP contribution in [0.25, 0.3) is 0 Å². The fourth-order valence-electron chi connectivity index (χ4n) is 3.31. The van der Waals surface area contributed by atoms with E-state index < -0.39 is 11.9 Å². The van der Waals surface area contributed by atoms with Crippen molar-refractivity contribution < 1.29 is 22.4 Å². The molecule has 0 radical (unpaired) electrons. The molecule has 2 heterocycles. The van der Waals surface area contributed by atoms with Gasteiger partial charge in [0.15, 0.2) is 0 Å². The molecule has 1 aliphatic rings. The Labute approximate surface area is 166 Å². The summed E-state index contributed by atoms with van der Waals surface area (Å²) >= 11 is 0. The van der Waals surface area contributed by atoms with Crippen molar-refractivity contribution in [3.63, 3.8) is 0 Å². The quantitative estimate of drug-likeness (QED) is 0.748. The van der Waals surface area contributed by atoms with Gasteiger partial charge in [-0.05, 0) is 42.5 Å².